The van der Waals surface area contributed by atoms with Gasteiger partial charge in [-0.05, 0) is 37.1 Å². The first-order chi connectivity index (χ1) is 11.2. The van der Waals surface area contributed by atoms with Crippen LogP contribution < -0.4 is 10.1 Å². The number of nitrogens with zero attached hydrogens (tertiary/aromatic N) is 1. The summed E-state index contributed by atoms with van der Waals surface area (Å²) in [5.41, 5.74) is 0.723. The molecule has 0 aliphatic carbocycles. The summed E-state index contributed by atoms with van der Waals surface area (Å²) in [7, 11) is 0. The topological polar surface area (TPSA) is 58.6 Å². The fourth-order valence-electron chi connectivity index (χ4n) is 2.65. The molecule has 0 radical (unpaired) electrons. The highest BCUT2D eigenvalue weighted by atomic mass is 16.6. The van der Waals surface area contributed by atoms with Crippen LogP contribution in [0.15, 0.2) is 60.7 Å². The first kappa shape index (κ1) is 15.1. The van der Waals surface area contributed by atoms with Crippen LogP contribution in [0.2, 0.25) is 0 Å². The Morgan fingerprint density at radius 3 is 2.35 bits per heavy atom. The average molecular weight is 310 g/mol. The molecule has 1 atom stereocenters. The van der Waals surface area contributed by atoms with Gasteiger partial charge in [0.15, 0.2) is 0 Å². The third-order valence-corrected chi connectivity index (χ3v) is 3.78. The quantitative estimate of drug-likeness (QED) is 0.946. The van der Waals surface area contributed by atoms with Gasteiger partial charge in [-0.25, -0.2) is 4.79 Å². The van der Waals surface area contributed by atoms with Crippen LogP contribution in [0.5, 0.6) is 5.75 Å². The molecule has 3 rings (SSSR count). The average Bonchev–Trinajstić information content (AvgIpc) is 3.06. The van der Waals surface area contributed by atoms with Crippen molar-refractivity contribution < 1.29 is 14.3 Å². The van der Waals surface area contributed by atoms with Gasteiger partial charge in [0.2, 0.25) is 5.91 Å². The van der Waals surface area contributed by atoms with Gasteiger partial charge >= 0.3 is 6.09 Å². The number of benzene rings is 2. The lowest BCUT2D eigenvalue weighted by atomic mass is 10.2. The third kappa shape index (κ3) is 3.69. The fraction of sp³-hybridized carbons (Fsp3) is 0.222. The van der Waals surface area contributed by atoms with Gasteiger partial charge < -0.3 is 10.1 Å². The van der Waals surface area contributed by atoms with Gasteiger partial charge in [-0.1, -0.05) is 36.4 Å². The van der Waals surface area contributed by atoms with Gasteiger partial charge in [-0.15, -0.1) is 0 Å². The maximum atomic E-state index is 12.4. The lowest BCUT2D eigenvalue weighted by Crippen LogP contribution is -2.44. The van der Waals surface area contributed by atoms with Gasteiger partial charge in [-0.2, -0.15) is 0 Å². The summed E-state index contributed by atoms with van der Waals surface area (Å²) in [6.45, 7) is 0.526. The molecule has 0 aromatic heterocycles. The van der Waals surface area contributed by atoms with Crippen LogP contribution in [0.4, 0.5) is 10.5 Å². The Labute approximate surface area is 134 Å². The zero-order valence-corrected chi connectivity index (χ0v) is 12.6. The summed E-state index contributed by atoms with van der Waals surface area (Å²) < 4.78 is 5.34. The first-order valence-electron chi connectivity index (χ1n) is 7.63. The number of nitrogens with one attached hydrogen (secondary N) is 1. The maximum absolute atomic E-state index is 12.4. The second-order valence-electron chi connectivity index (χ2n) is 5.39. The maximum Gasteiger partial charge on any atom is 0.415 e. The molecule has 5 nitrogen and oxygen atoms in total. The molecule has 0 saturated carbocycles. The van der Waals surface area contributed by atoms with Crippen molar-refractivity contribution in [3.8, 4) is 5.75 Å². The van der Waals surface area contributed by atoms with E-state index in [4.69, 9.17) is 4.74 Å². The lowest BCUT2D eigenvalue weighted by molar-refractivity contribution is -0.119. The van der Waals surface area contributed by atoms with E-state index in [1.165, 1.54) is 4.90 Å². The summed E-state index contributed by atoms with van der Waals surface area (Å²) in [5.74, 6) is 0.297. The zero-order valence-electron chi connectivity index (χ0n) is 12.6. The summed E-state index contributed by atoms with van der Waals surface area (Å²) in [6, 6.07) is 17.6. The zero-order chi connectivity index (χ0) is 16.1. The molecular formula is C18H18N2O3. The molecule has 2 amide bonds. The molecule has 2 aromatic rings. The van der Waals surface area contributed by atoms with Gasteiger partial charge in [0.1, 0.15) is 11.8 Å². The van der Waals surface area contributed by atoms with Crippen LogP contribution in [0.1, 0.15) is 12.8 Å². The minimum absolute atomic E-state index is 0.182. The fourth-order valence-corrected chi connectivity index (χ4v) is 2.65. The van der Waals surface area contributed by atoms with E-state index in [-0.39, 0.29) is 5.91 Å². The Kier molecular flexibility index (Phi) is 4.57. The van der Waals surface area contributed by atoms with E-state index < -0.39 is 12.1 Å². The Morgan fingerprint density at radius 2 is 1.65 bits per heavy atom. The van der Waals surface area contributed by atoms with Crippen molar-refractivity contribution in [3.63, 3.8) is 0 Å². The second kappa shape index (κ2) is 6.96. The van der Waals surface area contributed by atoms with Crippen molar-refractivity contribution in [2.75, 3.05) is 11.9 Å². The van der Waals surface area contributed by atoms with E-state index in [1.807, 2.05) is 36.4 Å². The molecule has 1 aliphatic rings. The van der Waals surface area contributed by atoms with Crippen molar-refractivity contribution in [1.82, 2.24) is 4.90 Å². The van der Waals surface area contributed by atoms with Gasteiger partial charge in [0.05, 0.1) is 0 Å². The molecular weight excluding hydrogens is 292 g/mol. The number of anilines is 1. The molecule has 1 fully saturated rings. The molecule has 23 heavy (non-hydrogen) atoms. The summed E-state index contributed by atoms with van der Waals surface area (Å²) in [4.78, 5) is 26.2. The Hall–Kier alpha value is -2.82. The molecule has 118 valence electrons. The highest BCUT2D eigenvalue weighted by molar-refractivity contribution is 5.97. The summed E-state index contributed by atoms with van der Waals surface area (Å²) in [5, 5.41) is 2.84. The number of hydrogen-bond donors (Lipinski definition) is 1. The molecule has 1 N–H and O–H groups in total. The van der Waals surface area contributed by atoms with Crippen molar-refractivity contribution in [2.45, 2.75) is 18.9 Å². The smallest absolute Gasteiger partial charge is 0.410 e. The monoisotopic (exact) mass is 310 g/mol. The van der Waals surface area contributed by atoms with Crippen LogP contribution >= 0.6 is 0 Å². The van der Waals surface area contributed by atoms with E-state index in [1.54, 1.807) is 24.3 Å². The summed E-state index contributed by atoms with van der Waals surface area (Å²) in [6.07, 6.45) is 0.946. The third-order valence-electron chi connectivity index (χ3n) is 3.78. The summed E-state index contributed by atoms with van der Waals surface area (Å²) >= 11 is 0. The Bertz CT molecular complexity index is 614. The number of carbonyl (C=O) groups is 2. The molecule has 0 spiro atoms. The highest BCUT2D eigenvalue weighted by Crippen LogP contribution is 2.21. The molecule has 1 saturated heterocycles. The predicted molar refractivity (Wildman–Crippen MR) is 87.3 cm³/mol. The van der Waals surface area contributed by atoms with Crippen molar-refractivity contribution in [2.24, 2.45) is 0 Å². The van der Waals surface area contributed by atoms with Gasteiger partial charge in [-0.3, -0.25) is 9.69 Å². The normalized spacial score (nSPS) is 16.9. The number of rotatable bonds is 3. The van der Waals surface area contributed by atoms with E-state index in [9.17, 15) is 9.59 Å². The highest BCUT2D eigenvalue weighted by Gasteiger charge is 2.35. The van der Waals surface area contributed by atoms with E-state index in [0.29, 0.717) is 18.7 Å². The number of likely N-dealkylation sites (tertiary alicyclic amines) is 1. The SMILES string of the molecule is O=C(Nc1ccccc1)[C@@H]1CCCN1C(=O)Oc1ccccc1. The molecule has 1 heterocycles. The van der Waals surface area contributed by atoms with Crippen molar-refractivity contribution in [3.05, 3.63) is 60.7 Å². The Morgan fingerprint density at radius 1 is 1.00 bits per heavy atom. The van der Waals surface area contributed by atoms with Crippen LogP contribution in [-0.2, 0) is 4.79 Å². The van der Waals surface area contributed by atoms with Gasteiger partial charge in [0, 0.05) is 12.2 Å². The second-order valence-corrected chi connectivity index (χ2v) is 5.39. The molecule has 0 bridgehead atoms. The standard InChI is InChI=1S/C18H18N2O3/c21-17(19-14-8-3-1-4-9-14)16-12-7-13-20(16)18(22)23-15-10-5-2-6-11-15/h1-6,8-11,16H,7,12-13H2,(H,19,21)/t16-/m0/s1. The number of ether oxygens (including phenoxy) is 1. The van der Waals surface area contributed by atoms with Crippen molar-refractivity contribution in [1.29, 1.82) is 0 Å². The lowest BCUT2D eigenvalue weighted by Gasteiger charge is -2.23. The van der Waals surface area contributed by atoms with Crippen LogP contribution in [-0.4, -0.2) is 29.5 Å². The number of hydrogen-bond acceptors (Lipinski definition) is 3. The molecule has 0 unspecified atom stereocenters. The largest absolute Gasteiger partial charge is 0.415 e. The van der Waals surface area contributed by atoms with Gasteiger partial charge in [0.25, 0.3) is 0 Å². The Balaban J connectivity index is 1.65. The minimum Gasteiger partial charge on any atom is -0.410 e. The van der Waals surface area contributed by atoms with E-state index in [2.05, 4.69) is 5.32 Å². The predicted octanol–water partition coefficient (Wildman–Crippen LogP) is 3.29. The number of para-hydroxylation sites is 2. The minimum atomic E-state index is -0.494. The van der Waals surface area contributed by atoms with E-state index in [0.717, 1.165) is 12.1 Å². The van der Waals surface area contributed by atoms with Crippen LogP contribution in [0, 0.1) is 0 Å². The number of amides is 2. The number of carbonyl (C=O) groups excluding carboxylic acids is 2. The van der Waals surface area contributed by atoms with Crippen LogP contribution in [0.3, 0.4) is 0 Å². The van der Waals surface area contributed by atoms with E-state index >= 15 is 0 Å². The van der Waals surface area contributed by atoms with Crippen LogP contribution in [0.25, 0.3) is 0 Å². The van der Waals surface area contributed by atoms with Crippen molar-refractivity contribution >= 4 is 17.7 Å². The molecule has 1 aliphatic heterocycles. The first-order valence-corrected chi connectivity index (χ1v) is 7.63. The molecule has 2 aromatic carbocycles. The molecule has 5 heteroatoms.